The van der Waals surface area contributed by atoms with Gasteiger partial charge in [-0.05, 0) is 38.1 Å². The minimum Gasteiger partial charge on any atom is -0.467 e. The van der Waals surface area contributed by atoms with Crippen molar-refractivity contribution in [3.8, 4) is 5.69 Å². The highest BCUT2D eigenvalue weighted by molar-refractivity contribution is 8.00. The smallest absolute Gasteiger partial charge is 0.233 e. The maximum Gasteiger partial charge on any atom is 0.233 e. The summed E-state index contributed by atoms with van der Waals surface area (Å²) in [5.74, 6) is 1.41. The molecule has 4 rings (SSSR count). The molecule has 0 bridgehead atoms. The Morgan fingerprint density at radius 2 is 1.97 bits per heavy atom. The number of aryl methyl sites for hydroxylation is 1. The first-order chi connectivity index (χ1) is 14.6. The van der Waals surface area contributed by atoms with E-state index in [9.17, 15) is 4.79 Å². The molecule has 3 aromatic rings. The molecule has 8 nitrogen and oxygen atoms in total. The Morgan fingerprint density at radius 1 is 1.20 bits per heavy atom. The van der Waals surface area contributed by atoms with Crippen molar-refractivity contribution >= 4 is 23.6 Å². The third kappa shape index (κ3) is 4.68. The van der Waals surface area contributed by atoms with Gasteiger partial charge in [0.2, 0.25) is 11.9 Å². The quantitative estimate of drug-likeness (QED) is 0.580. The van der Waals surface area contributed by atoms with Crippen molar-refractivity contribution in [2.24, 2.45) is 0 Å². The molecule has 1 amide bonds. The highest BCUT2D eigenvalue weighted by Gasteiger charge is 2.24. The Balaban J connectivity index is 1.55. The minimum atomic E-state index is -0.342. The summed E-state index contributed by atoms with van der Waals surface area (Å²) in [6.45, 7) is 7.12. The number of ether oxygens (including phenoxy) is 1. The Labute approximate surface area is 179 Å². The third-order valence-electron chi connectivity index (χ3n) is 4.87. The molecule has 1 N–H and O–H groups in total. The van der Waals surface area contributed by atoms with E-state index in [0.29, 0.717) is 24.9 Å². The van der Waals surface area contributed by atoms with E-state index in [-0.39, 0.29) is 11.2 Å². The molecule has 158 valence electrons. The fraction of sp³-hybridized carbons (Fsp3) is 0.381. The fourth-order valence-electron chi connectivity index (χ4n) is 3.17. The lowest BCUT2D eigenvalue weighted by atomic mass is 10.2. The molecule has 1 fully saturated rings. The van der Waals surface area contributed by atoms with E-state index in [1.165, 1.54) is 17.3 Å². The van der Waals surface area contributed by atoms with Gasteiger partial charge in [-0.3, -0.25) is 9.36 Å². The molecule has 1 aromatic carbocycles. The number of carbonyl (C=O) groups is 1. The minimum absolute atomic E-state index is 0.0808. The van der Waals surface area contributed by atoms with Gasteiger partial charge in [-0.1, -0.05) is 29.5 Å². The monoisotopic (exact) mass is 427 g/mol. The SMILES string of the molecule is Cc1ccc(-n2c(SC(C)C(=O)NCc3ccco3)nnc2N2CCOCC2)cc1. The van der Waals surface area contributed by atoms with Gasteiger partial charge in [0.15, 0.2) is 5.16 Å². The van der Waals surface area contributed by atoms with E-state index in [1.54, 1.807) is 12.3 Å². The average Bonchev–Trinajstić information content (AvgIpc) is 3.43. The first-order valence-electron chi connectivity index (χ1n) is 9.94. The Hall–Kier alpha value is -2.78. The van der Waals surface area contributed by atoms with Crippen molar-refractivity contribution in [2.45, 2.75) is 30.8 Å². The van der Waals surface area contributed by atoms with Gasteiger partial charge < -0.3 is 19.4 Å². The first-order valence-corrected chi connectivity index (χ1v) is 10.8. The highest BCUT2D eigenvalue weighted by atomic mass is 32.2. The maximum atomic E-state index is 12.6. The number of hydrogen-bond acceptors (Lipinski definition) is 7. The van der Waals surface area contributed by atoms with E-state index in [0.717, 1.165) is 30.5 Å². The van der Waals surface area contributed by atoms with Crippen molar-refractivity contribution in [3.05, 3.63) is 54.0 Å². The first kappa shape index (κ1) is 20.5. The fourth-order valence-corrected chi connectivity index (χ4v) is 4.06. The summed E-state index contributed by atoms with van der Waals surface area (Å²) in [6, 6.07) is 11.9. The van der Waals surface area contributed by atoms with Crippen LogP contribution in [0.4, 0.5) is 5.95 Å². The Kier molecular flexibility index (Phi) is 6.39. The van der Waals surface area contributed by atoms with Gasteiger partial charge in [0.25, 0.3) is 0 Å². The molecule has 9 heteroatoms. The van der Waals surface area contributed by atoms with Crippen LogP contribution in [0.2, 0.25) is 0 Å². The molecule has 1 atom stereocenters. The van der Waals surface area contributed by atoms with E-state index < -0.39 is 0 Å². The summed E-state index contributed by atoms with van der Waals surface area (Å²) in [6.07, 6.45) is 1.59. The number of furan rings is 1. The van der Waals surface area contributed by atoms with Crippen LogP contribution in [0, 0.1) is 6.92 Å². The van der Waals surface area contributed by atoms with E-state index >= 15 is 0 Å². The predicted octanol–water partition coefficient (Wildman–Crippen LogP) is 2.80. The second kappa shape index (κ2) is 9.36. The van der Waals surface area contributed by atoms with E-state index in [1.807, 2.05) is 29.7 Å². The zero-order valence-electron chi connectivity index (χ0n) is 17.1. The Bertz CT molecular complexity index is 965. The van der Waals surface area contributed by atoms with Gasteiger partial charge in [0, 0.05) is 13.1 Å². The third-order valence-corrected chi connectivity index (χ3v) is 5.91. The van der Waals surface area contributed by atoms with Crippen LogP contribution in [0.1, 0.15) is 18.2 Å². The van der Waals surface area contributed by atoms with Gasteiger partial charge >= 0.3 is 0 Å². The van der Waals surface area contributed by atoms with E-state index in [4.69, 9.17) is 9.15 Å². The molecule has 2 aromatic heterocycles. The van der Waals surface area contributed by atoms with Crippen LogP contribution < -0.4 is 10.2 Å². The topological polar surface area (TPSA) is 85.4 Å². The molecule has 1 aliphatic rings. The van der Waals surface area contributed by atoms with Crippen LogP contribution in [0.25, 0.3) is 5.69 Å². The molecule has 1 saturated heterocycles. The van der Waals surface area contributed by atoms with Crippen molar-refractivity contribution in [2.75, 3.05) is 31.2 Å². The number of aromatic nitrogens is 3. The lowest BCUT2D eigenvalue weighted by Gasteiger charge is -2.28. The van der Waals surface area contributed by atoms with Crippen LogP contribution in [0.5, 0.6) is 0 Å². The molecule has 1 unspecified atom stereocenters. The van der Waals surface area contributed by atoms with E-state index in [2.05, 4.69) is 39.5 Å². The van der Waals surface area contributed by atoms with Crippen molar-refractivity contribution in [1.29, 1.82) is 0 Å². The van der Waals surface area contributed by atoms with Crippen molar-refractivity contribution < 1.29 is 13.9 Å². The van der Waals surface area contributed by atoms with Gasteiger partial charge in [-0.25, -0.2) is 0 Å². The number of nitrogens with one attached hydrogen (secondary N) is 1. The molecular formula is C21H25N5O3S. The second-order valence-corrected chi connectivity index (χ2v) is 8.42. The number of thioether (sulfide) groups is 1. The largest absolute Gasteiger partial charge is 0.467 e. The lowest BCUT2D eigenvalue weighted by Crippen LogP contribution is -2.38. The van der Waals surface area contributed by atoms with Crippen LogP contribution in [-0.2, 0) is 16.1 Å². The molecule has 3 heterocycles. The summed E-state index contributed by atoms with van der Waals surface area (Å²) in [4.78, 5) is 14.8. The molecular weight excluding hydrogens is 402 g/mol. The number of carbonyl (C=O) groups excluding carboxylic acids is 1. The molecule has 30 heavy (non-hydrogen) atoms. The van der Waals surface area contributed by atoms with Crippen LogP contribution >= 0.6 is 11.8 Å². The maximum absolute atomic E-state index is 12.6. The number of rotatable bonds is 7. The molecule has 1 aliphatic heterocycles. The Morgan fingerprint density at radius 3 is 2.67 bits per heavy atom. The van der Waals surface area contributed by atoms with Gasteiger partial charge in [0.05, 0.1) is 37.0 Å². The predicted molar refractivity (Wildman–Crippen MR) is 115 cm³/mol. The average molecular weight is 428 g/mol. The number of anilines is 1. The molecule has 0 aliphatic carbocycles. The van der Waals surface area contributed by atoms with Crippen LogP contribution in [-0.4, -0.2) is 52.2 Å². The lowest BCUT2D eigenvalue weighted by molar-refractivity contribution is -0.120. The normalized spacial score (nSPS) is 15.2. The van der Waals surface area contributed by atoms with Gasteiger partial charge in [-0.2, -0.15) is 0 Å². The van der Waals surface area contributed by atoms with Gasteiger partial charge in [0.1, 0.15) is 5.76 Å². The second-order valence-electron chi connectivity index (χ2n) is 7.11. The summed E-state index contributed by atoms with van der Waals surface area (Å²) in [5, 5.41) is 12.1. The molecule has 0 spiro atoms. The summed E-state index contributed by atoms with van der Waals surface area (Å²) < 4.78 is 12.8. The van der Waals surface area contributed by atoms with Crippen LogP contribution in [0.3, 0.4) is 0 Å². The number of morpholine rings is 1. The molecule has 0 radical (unpaired) electrons. The highest BCUT2D eigenvalue weighted by Crippen LogP contribution is 2.30. The number of amides is 1. The van der Waals surface area contributed by atoms with Gasteiger partial charge in [-0.15, -0.1) is 10.2 Å². The van der Waals surface area contributed by atoms with Crippen molar-refractivity contribution in [3.63, 3.8) is 0 Å². The summed E-state index contributed by atoms with van der Waals surface area (Å²) >= 11 is 1.39. The molecule has 0 saturated carbocycles. The standard InChI is InChI=1S/C21H25N5O3S/c1-15-5-7-17(8-6-15)26-20(25-9-12-28-13-10-25)23-24-21(26)30-16(2)19(27)22-14-18-4-3-11-29-18/h3-8,11,16H,9-10,12-14H2,1-2H3,(H,22,27). The summed E-state index contributed by atoms with van der Waals surface area (Å²) in [7, 11) is 0. The summed E-state index contributed by atoms with van der Waals surface area (Å²) in [5.41, 5.74) is 2.15. The zero-order chi connectivity index (χ0) is 20.9. The number of hydrogen-bond donors (Lipinski definition) is 1. The van der Waals surface area contributed by atoms with Crippen LogP contribution in [0.15, 0.2) is 52.2 Å². The zero-order valence-corrected chi connectivity index (χ0v) is 17.9. The number of benzene rings is 1. The van der Waals surface area contributed by atoms with Crippen molar-refractivity contribution in [1.82, 2.24) is 20.1 Å². The number of nitrogens with zero attached hydrogens (tertiary/aromatic N) is 4.